The van der Waals surface area contributed by atoms with Gasteiger partial charge in [0.2, 0.25) is 5.82 Å². The van der Waals surface area contributed by atoms with Crippen molar-refractivity contribution < 1.29 is 4.79 Å². The van der Waals surface area contributed by atoms with Crippen molar-refractivity contribution >= 4 is 16.9 Å². The number of rotatable bonds is 7. The molecule has 9 heteroatoms. The molecule has 0 saturated heterocycles. The van der Waals surface area contributed by atoms with Gasteiger partial charge >= 0.3 is 0 Å². The molecule has 4 aromatic rings. The SMILES string of the molecule is CC(C)n1ncc2cnc(C(=O)NC3(c4ccc(-c5cncn(CC6CC6)c5=O)cc4)CC3)nc21. The molecule has 2 aliphatic carbocycles. The fraction of sp³-hybridized carbons (Fsp3) is 0.385. The van der Waals surface area contributed by atoms with Crippen LogP contribution >= 0.6 is 0 Å². The second-order valence-corrected chi connectivity index (χ2v) is 9.98. The third-order valence-corrected chi connectivity index (χ3v) is 6.93. The Hall–Kier alpha value is -3.88. The van der Waals surface area contributed by atoms with E-state index < -0.39 is 5.54 Å². The number of carbonyl (C=O) groups is 1. The molecule has 2 saturated carbocycles. The van der Waals surface area contributed by atoms with Crippen LogP contribution in [-0.4, -0.2) is 35.2 Å². The van der Waals surface area contributed by atoms with Gasteiger partial charge in [-0.2, -0.15) is 5.10 Å². The van der Waals surface area contributed by atoms with E-state index in [1.165, 1.54) is 12.8 Å². The summed E-state index contributed by atoms with van der Waals surface area (Å²) in [7, 11) is 0. The van der Waals surface area contributed by atoms with Crippen LogP contribution in [0.2, 0.25) is 0 Å². The second kappa shape index (κ2) is 8.11. The van der Waals surface area contributed by atoms with Crippen LogP contribution in [0.1, 0.15) is 61.8 Å². The third-order valence-electron chi connectivity index (χ3n) is 6.93. The first-order chi connectivity index (χ1) is 16.9. The highest BCUT2D eigenvalue weighted by Gasteiger charge is 2.46. The topological polar surface area (TPSA) is 108 Å². The van der Waals surface area contributed by atoms with E-state index in [0.29, 0.717) is 17.1 Å². The van der Waals surface area contributed by atoms with E-state index >= 15 is 0 Å². The van der Waals surface area contributed by atoms with Crippen molar-refractivity contribution in [3.05, 3.63) is 70.9 Å². The van der Waals surface area contributed by atoms with E-state index in [-0.39, 0.29) is 23.3 Å². The molecule has 0 radical (unpaired) electrons. The van der Waals surface area contributed by atoms with E-state index in [4.69, 9.17) is 0 Å². The van der Waals surface area contributed by atoms with Gasteiger partial charge in [0.15, 0.2) is 5.65 Å². The molecule has 1 N–H and O–H groups in total. The number of amides is 1. The van der Waals surface area contributed by atoms with Crippen LogP contribution in [0, 0.1) is 5.92 Å². The maximum absolute atomic E-state index is 13.1. The minimum Gasteiger partial charge on any atom is -0.340 e. The van der Waals surface area contributed by atoms with Crippen LogP contribution in [0.4, 0.5) is 0 Å². The fourth-order valence-electron chi connectivity index (χ4n) is 4.53. The standard InChI is InChI=1S/C26H27N7O2/c1-16(2)33-23-19(12-29-33)11-28-22(30-23)24(34)31-26(9-10-26)20-7-5-18(6-8-20)21-13-27-15-32(25(21)35)14-17-3-4-17/h5-8,11-13,15-17H,3-4,9-10,14H2,1-2H3,(H,31,34). The molecular formula is C26H27N7O2. The summed E-state index contributed by atoms with van der Waals surface area (Å²) in [4.78, 5) is 39.0. The van der Waals surface area contributed by atoms with Gasteiger partial charge < -0.3 is 5.32 Å². The number of nitrogens with zero attached hydrogens (tertiary/aromatic N) is 6. The van der Waals surface area contributed by atoms with Gasteiger partial charge in [-0.05, 0) is 56.6 Å². The molecule has 0 unspecified atom stereocenters. The quantitative estimate of drug-likeness (QED) is 0.444. The summed E-state index contributed by atoms with van der Waals surface area (Å²) >= 11 is 0. The Kier molecular flexibility index (Phi) is 5.01. The first kappa shape index (κ1) is 21.6. The van der Waals surface area contributed by atoms with Gasteiger partial charge in [-0.25, -0.2) is 19.6 Å². The van der Waals surface area contributed by atoms with Gasteiger partial charge in [0.1, 0.15) is 0 Å². The number of nitrogens with one attached hydrogen (secondary N) is 1. The zero-order chi connectivity index (χ0) is 24.2. The number of aromatic nitrogens is 6. The Balaban J connectivity index is 1.22. The van der Waals surface area contributed by atoms with Crippen LogP contribution in [0.3, 0.4) is 0 Å². The lowest BCUT2D eigenvalue weighted by Gasteiger charge is -2.18. The zero-order valence-electron chi connectivity index (χ0n) is 19.8. The van der Waals surface area contributed by atoms with Gasteiger partial charge in [-0.3, -0.25) is 14.2 Å². The van der Waals surface area contributed by atoms with E-state index in [1.54, 1.807) is 34.2 Å². The molecule has 0 bridgehead atoms. The smallest absolute Gasteiger partial charge is 0.289 e. The highest BCUT2D eigenvalue weighted by Crippen LogP contribution is 2.46. The summed E-state index contributed by atoms with van der Waals surface area (Å²) in [5, 5.41) is 8.29. The van der Waals surface area contributed by atoms with Crippen LogP contribution in [0.15, 0.2) is 54.0 Å². The summed E-state index contributed by atoms with van der Waals surface area (Å²) in [6, 6.07) is 7.97. The minimum absolute atomic E-state index is 0.0118. The summed E-state index contributed by atoms with van der Waals surface area (Å²) in [6.45, 7) is 4.77. The Morgan fingerprint density at radius 1 is 1.14 bits per heavy atom. The van der Waals surface area contributed by atoms with Crippen molar-refractivity contribution in [3.8, 4) is 11.1 Å². The molecule has 1 amide bonds. The molecule has 0 atom stereocenters. The lowest BCUT2D eigenvalue weighted by molar-refractivity contribution is 0.0920. The first-order valence-electron chi connectivity index (χ1n) is 12.1. The fourth-order valence-corrected chi connectivity index (χ4v) is 4.53. The zero-order valence-corrected chi connectivity index (χ0v) is 19.8. The molecule has 2 aliphatic rings. The monoisotopic (exact) mass is 469 g/mol. The Labute approximate surface area is 202 Å². The molecule has 3 heterocycles. The minimum atomic E-state index is -0.437. The molecule has 0 spiro atoms. The average molecular weight is 470 g/mol. The van der Waals surface area contributed by atoms with E-state index in [9.17, 15) is 9.59 Å². The molecular weight excluding hydrogens is 442 g/mol. The van der Waals surface area contributed by atoms with Crippen LogP contribution in [-0.2, 0) is 12.1 Å². The molecule has 0 aliphatic heterocycles. The number of carbonyl (C=O) groups excluding carboxylic acids is 1. The first-order valence-corrected chi connectivity index (χ1v) is 12.1. The Morgan fingerprint density at radius 3 is 2.60 bits per heavy atom. The Morgan fingerprint density at radius 2 is 1.91 bits per heavy atom. The summed E-state index contributed by atoms with van der Waals surface area (Å²) in [6.07, 6.45) is 10.6. The van der Waals surface area contributed by atoms with Crippen LogP contribution in [0.25, 0.3) is 22.2 Å². The maximum atomic E-state index is 13.1. The summed E-state index contributed by atoms with van der Waals surface area (Å²) in [5.74, 6) is 0.427. The summed E-state index contributed by atoms with van der Waals surface area (Å²) < 4.78 is 3.50. The molecule has 178 valence electrons. The van der Waals surface area contributed by atoms with Crippen molar-refractivity contribution in [2.45, 2.75) is 57.7 Å². The van der Waals surface area contributed by atoms with Gasteiger partial charge in [0, 0.05) is 25.0 Å². The predicted molar refractivity (Wildman–Crippen MR) is 131 cm³/mol. The third kappa shape index (κ3) is 4.00. The van der Waals surface area contributed by atoms with E-state index in [2.05, 4.69) is 25.4 Å². The van der Waals surface area contributed by atoms with Crippen molar-refractivity contribution in [1.82, 2.24) is 34.6 Å². The molecule has 35 heavy (non-hydrogen) atoms. The van der Waals surface area contributed by atoms with Crippen molar-refractivity contribution in [2.24, 2.45) is 5.92 Å². The molecule has 3 aromatic heterocycles. The van der Waals surface area contributed by atoms with Gasteiger partial charge in [0.05, 0.1) is 29.0 Å². The second-order valence-electron chi connectivity index (χ2n) is 9.98. The Bertz CT molecular complexity index is 1480. The van der Waals surface area contributed by atoms with E-state index in [1.807, 2.05) is 38.1 Å². The number of fused-ring (bicyclic) bond motifs is 1. The van der Waals surface area contributed by atoms with E-state index in [0.717, 1.165) is 35.9 Å². The van der Waals surface area contributed by atoms with Gasteiger partial charge in [-0.15, -0.1) is 0 Å². The number of hydrogen-bond acceptors (Lipinski definition) is 6. The molecule has 6 rings (SSSR count). The number of benzene rings is 1. The van der Waals surface area contributed by atoms with Gasteiger partial charge in [0.25, 0.3) is 11.5 Å². The average Bonchev–Trinajstić information content (AvgIpc) is 3.79. The molecule has 9 nitrogen and oxygen atoms in total. The number of hydrogen-bond donors (Lipinski definition) is 1. The van der Waals surface area contributed by atoms with Crippen LogP contribution in [0.5, 0.6) is 0 Å². The maximum Gasteiger partial charge on any atom is 0.289 e. The van der Waals surface area contributed by atoms with Crippen molar-refractivity contribution in [2.75, 3.05) is 0 Å². The predicted octanol–water partition coefficient (Wildman–Crippen LogP) is 3.46. The molecule has 2 fully saturated rings. The molecule has 1 aromatic carbocycles. The lowest BCUT2D eigenvalue weighted by atomic mass is 10.0. The van der Waals surface area contributed by atoms with Gasteiger partial charge in [-0.1, -0.05) is 24.3 Å². The van der Waals surface area contributed by atoms with Crippen LogP contribution < -0.4 is 10.9 Å². The highest BCUT2D eigenvalue weighted by atomic mass is 16.2. The lowest BCUT2D eigenvalue weighted by Crippen LogP contribution is -2.36. The highest BCUT2D eigenvalue weighted by molar-refractivity contribution is 5.93. The van der Waals surface area contributed by atoms with Crippen molar-refractivity contribution in [1.29, 1.82) is 0 Å². The normalized spacial score (nSPS) is 16.5. The largest absolute Gasteiger partial charge is 0.340 e. The van der Waals surface area contributed by atoms with Crippen molar-refractivity contribution in [3.63, 3.8) is 0 Å². The summed E-state index contributed by atoms with van der Waals surface area (Å²) in [5.41, 5.74) is 2.63.